The molecule has 0 bridgehead atoms. The lowest BCUT2D eigenvalue weighted by Crippen LogP contribution is -2.55. The summed E-state index contributed by atoms with van der Waals surface area (Å²) in [7, 11) is 0. The second-order valence-electron chi connectivity index (χ2n) is 8.83. The summed E-state index contributed by atoms with van der Waals surface area (Å²) < 4.78 is 44.2. The maximum absolute atomic E-state index is 12.8. The van der Waals surface area contributed by atoms with E-state index in [4.69, 9.17) is 10.5 Å². The lowest BCUT2D eigenvalue weighted by Gasteiger charge is -2.39. The minimum atomic E-state index is -4.53. The van der Waals surface area contributed by atoms with Gasteiger partial charge in [-0.1, -0.05) is 18.2 Å². The summed E-state index contributed by atoms with van der Waals surface area (Å²) in [6, 6.07) is 16.6. The molecule has 1 amide bonds. The van der Waals surface area contributed by atoms with Crippen molar-refractivity contribution in [2.45, 2.75) is 37.6 Å². The molecular formula is C25H25F3N6O2. The number of nitrogens with two attached hydrogens (primary N) is 1. The predicted molar refractivity (Wildman–Crippen MR) is 129 cm³/mol. The van der Waals surface area contributed by atoms with E-state index in [1.807, 2.05) is 59.6 Å². The van der Waals surface area contributed by atoms with Crippen LogP contribution in [0.15, 0.2) is 70.2 Å². The molecule has 1 saturated heterocycles. The van der Waals surface area contributed by atoms with Gasteiger partial charge in [-0.25, -0.2) is 9.98 Å². The summed E-state index contributed by atoms with van der Waals surface area (Å²) in [6.07, 6.45) is -3.83. The normalized spacial score (nSPS) is 22.2. The van der Waals surface area contributed by atoms with Crippen LogP contribution in [-0.2, 0) is 4.79 Å². The first-order valence-corrected chi connectivity index (χ1v) is 11.6. The number of carbonyl (C=O) groups excluding carboxylic acids is 1. The Morgan fingerprint density at radius 1 is 1.11 bits per heavy atom. The Hall–Kier alpha value is -3.86. The van der Waals surface area contributed by atoms with Crippen molar-refractivity contribution in [3.8, 4) is 11.5 Å². The highest BCUT2D eigenvalue weighted by Gasteiger charge is 2.42. The van der Waals surface area contributed by atoms with Crippen LogP contribution in [0, 0.1) is 0 Å². The molecule has 188 valence electrons. The molecule has 0 saturated carbocycles. The molecule has 0 spiro atoms. The molecule has 0 radical (unpaired) electrons. The number of ether oxygens (including phenoxy) is 1. The standard InChI is InChI=1S/C25H25F3N6O2/c26-25(27,28)13-20(35)33-12-4-5-17(14-33)34-24-21(23(29)30-15-31-24)22(32-34)16-8-10-19(11-9-16)36-18-6-2-1-3-7-18/h1-3,6-11,15,17,24,32H,4-5,12-14H2,(H2,29,30,31). The Bertz CT molecular complexity index is 1210. The molecule has 8 nitrogen and oxygen atoms in total. The number of para-hydroxylation sites is 1. The molecule has 0 aliphatic carbocycles. The van der Waals surface area contributed by atoms with Crippen LogP contribution in [0.1, 0.15) is 24.8 Å². The third-order valence-electron chi connectivity index (χ3n) is 6.33. The Kier molecular flexibility index (Phi) is 6.40. The first kappa shape index (κ1) is 23.9. The largest absolute Gasteiger partial charge is 0.457 e. The molecule has 3 aliphatic rings. The Morgan fingerprint density at radius 2 is 1.83 bits per heavy atom. The number of rotatable bonds is 5. The number of nitrogens with one attached hydrogen (secondary N) is 1. The molecule has 0 aromatic heterocycles. The summed E-state index contributed by atoms with van der Waals surface area (Å²) in [5.74, 6) is 0.779. The fourth-order valence-electron chi connectivity index (χ4n) is 4.67. The van der Waals surface area contributed by atoms with E-state index < -0.39 is 24.7 Å². The third kappa shape index (κ3) is 5.06. The van der Waals surface area contributed by atoms with E-state index in [-0.39, 0.29) is 12.6 Å². The number of aliphatic imine (C=N–C) groups is 2. The van der Waals surface area contributed by atoms with Gasteiger partial charge < -0.3 is 20.8 Å². The number of nitrogens with zero attached hydrogens (tertiary/aromatic N) is 4. The fraction of sp³-hybridized carbons (Fsp3) is 0.320. The molecule has 5 rings (SSSR count). The van der Waals surface area contributed by atoms with Gasteiger partial charge >= 0.3 is 6.18 Å². The summed E-state index contributed by atoms with van der Waals surface area (Å²) >= 11 is 0. The number of fused-ring (bicyclic) bond motifs is 1. The van der Waals surface area contributed by atoms with Crippen LogP contribution in [-0.4, -0.2) is 59.5 Å². The highest BCUT2D eigenvalue weighted by Crippen LogP contribution is 2.34. The average Bonchev–Trinajstić information content (AvgIpc) is 3.25. The Balaban J connectivity index is 1.35. The molecule has 3 aliphatic heterocycles. The van der Waals surface area contributed by atoms with E-state index in [2.05, 4.69) is 15.4 Å². The second kappa shape index (κ2) is 9.65. The molecule has 2 unspecified atom stereocenters. The SMILES string of the molecule is NC1=NC=NC2C1=C(c1ccc(Oc3ccccc3)cc1)NN2C1CCCN(C(=O)CC(F)(F)F)C1. The molecular weight excluding hydrogens is 473 g/mol. The van der Waals surface area contributed by atoms with Gasteiger partial charge in [0.25, 0.3) is 0 Å². The number of halogens is 3. The van der Waals surface area contributed by atoms with Gasteiger partial charge in [-0.15, -0.1) is 0 Å². The number of alkyl halides is 3. The topological polar surface area (TPSA) is 95.5 Å². The number of likely N-dealkylation sites (tertiary alicyclic amines) is 1. The van der Waals surface area contributed by atoms with Crippen LogP contribution in [0.3, 0.4) is 0 Å². The summed E-state index contributed by atoms with van der Waals surface area (Å²) in [5.41, 5.74) is 11.8. The second-order valence-corrected chi connectivity index (χ2v) is 8.83. The van der Waals surface area contributed by atoms with Crippen molar-refractivity contribution in [2.75, 3.05) is 13.1 Å². The van der Waals surface area contributed by atoms with Gasteiger partial charge in [0, 0.05) is 19.1 Å². The molecule has 2 aromatic carbocycles. The maximum atomic E-state index is 12.8. The zero-order valence-corrected chi connectivity index (χ0v) is 19.3. The summed E-state index contributed by atoms with van der Waals surface area (Å²) in [6.45, 7) is 0.461. The molecule has 2 aromatic rings. The van der Waals surface area contributed by atoms with Crippen LogP contribution in [0.5, 0.6) is 11.5 Å². The minimum Gasteiger partial charge on any atom is -0.457 e. The van der Waals surface area contributed by atoms with Gasteiger partial charge in [-0.2, -0.15) is 18.2 Å². The lowest BCUT2D eigenvalue weighted by atomic mass is 10.0. The molecule has 3 N–H and O–H groups in total. The van der Waals surface area contributed by atoms with Crippen molar-refractivity contribution in [1.29, 1.82) is 0 Å². The Labute approximate surface area is 205 Å². The van der Waals surface area contributed by atoms with Gasteiger partial charge in [0.1, 0.15) is 30.1 Å². The van der Waals surface area contributed by atoms with Crippen molar-refractivity contribution < 1.29 is 22.7 Å². The van der Waals surface area contributed by atoms with Gasteiger partial charge in [-0.05, 0) is 54.8 Å². The van der Waals surface area contributed by atoms with E-state index >= 15 is 0 Å². The van der Waals surface area contributed by atoms with Crippen molar-refractivity contribution in [2.24, 2.45) is 15.7 Å². The number of benzene rings is 2. The molecule has 11 heteroatoms. The van der Waals surface area contributed by atoms with E-state index in [9.17, 15) is 18.0 Å². The first-order chi connectivity index (χ1) is 17.3. The summed E-state index contributed by atoms with van der Waals surface area (Å²) in [5, 5.41) is 1.87. The van der Waals surface area contributed by atoms with Crippen LogP contribution < -0.4 is 15.9 Å². The predicted octanol–water partition coefficient (Wildman–Crippen LogP) is 3.68. The molecule has 3 heterocycles. The number of amides is 1. The quantitative estimate of drug-likeness (QED) is 0.656. The van der Waals surface area contributed by atoms with E-state index in [1.54, 1.807) is 0 Å². The summed E-state index contributed by atoms with van der Waals surface area (Å²) in [4.78, 5) is 22.1. The smallest absolute Gasteiger partial charge is 0.397 e. The highest BCUT2D eigenvalue weighted by molar-refractivity contribution is 6.09. The van der Waals surface area contributed by atoms with Crippen molar-refractivity contribution in [3.05, 3.63) is 65.7 Å². The van der Waals surface area contributed by atoms with Gasteiger partial charge in [0.15, 0.2) is 6.17 Å². The van der Waals surface area contributed by atoms with E-state index in [1.165, 1.54) is 11.2 Å². The molecule has 2 atom stereocenters. The first-order valence-electron chi connectivity index (χ1n) is 11.6. The number of piperidine rings is 1. The van der Waals surface area contributed by atoms with E-state index in [0.717, 1.165) is 11.3 Å². The monoisotopic (exact) mass is 498 g/mol. The molecule has 1 fully saturated rings. The van der Waals surface area contributed by atoms with Gasteiger partial charge in [0.2, 0.25) is 5.91 Å². The number of carbonyl (C=O) groups is 1. The third-order valence-corrected chi connectivity index (χ3v) is 6.33. The number of amidine groups is 1. The molecule has 36 heavy (non-hydrogen) atoms. The van der Waals surface area contributed by atoms with Crippen molar-refractivity contribution in [1.82, 2.24) is 15.3 Å². The van der Waals surface area contributed by atoms with Gasteiger partial charge in [0.05, 0.1) is 11.3 Å². The minimum absolute atomic E-state index is 0.162. The van der Waals surface area contributed by atoms with Crippen LogP contribution in [0.2, 0.25) is 0 Å². The van der Waals surface area contributed by atoms with Crippen LogP contribution in [0.4, 0.5) is 13.2 Å². The van der Waals surface area contributed by atoms with Crippen LogP contribution >= 0.6 is 0 Å². The van der Waals surface area contributed by atoms with Crippen molar-refractivity contribution in [3.63, 3.8) is 0 Å². The fourth-order valence-corrected chi connectivity index (χ4v) is 4.67. The maximum Gasteiger partial charge on any atom is 0.397 e. The van der Waals surface area contributed by atoms with Crippen molar-refractivity contribution >= 4 is 23.8 Å². The number of hydrogen-bond acceptors (Lipinski definition) is 7. The Morgan fingerprint density at radius 3 is 2.56 bits per heavy atom. The average molecular weight is 499 g/mol. The zero-order valence-electron chi connectivity index (χ0n) is 19.3. The van der Waals surface area contributed by atoms with E-state index in [0.29, 0.717) is 42.2 Å². The number of hydrazine groups is 1. The number of hydrogen-bond donors (Lipinski definition) is 2. The lowest BCUT2D eigenvalue weighted by molar-refractivity contribution is -0.163. The van der Waals surface area contributed by atoms with Crippen LogP contribution in [0.25, 0.3) is 5.70 Å². The van der Waals surface area contributed by atoms with Gasteiger partial charge in [-0.3, -0.25) is 4.79 Å². The highest BCUT2D eigenvalue weighted by atomic mass is 19.4. The zero-order chi connectivity index (χ0) is 25.3.